The minimum Gasteiger partial charge on any atom is -0.464 e. The maximum atomic E-state index is 5.20. The van der Waals surface area contributed by atoms with Gasteiger partial charge in [0, 0.05) is 13.1 Å². The number of nitrogens with one attached hydrogen (secondary N) is 1. The van der Waals surface area contributed by atoms with E-state index in [1.807, 2.05) is 6.26 Å². The van der Waals surface area contributed by atoms with Gasteiger partial charge in [-0.1, -0.05) is 17.7 Å². The Kier molecular flexibility index (Phi) is 4.08. The summed E-state index contributed by atoms with van der Waals surface area (Å²) in [6.45, 7) is 0.216. The highest BCUT2D eigenvalue weighted by Gasteiger charge is 2.02. The number of rotatable bonds is 4. The van der Waals surface area contributed by atoms with Crippen LogP contribution < -0.4 is 10.1 Å². The molecule has 0 aliphatic rings. The standard InChI is InChI=1S/C9H11N3OS/c1-4-5-13-8-6-7(10-2)11-9(12-8)14-3/h1,6H,5H2,2-3H3,(H,10,11,12). The summed E-state index contributed by atoms with van der Waals surface area (Å²) < 4.78 is 5.20. The van der Waals surface area contributed by atoms with Crippen LogP contribution in [-0.4, -0.2) is 29.9 Å². The van der Waals surface area contributed by atoms with Gasteiger partial charge >= 0.3 is 0 Å². The fourth-order valence-electron chi connectivity index (χ4n) is 0.813. The van der Waals surface area contributed by atoms with Crippen LogP contribution in [0.2, 0.25) is 0 Å². The summed E-state index contributed by atoms with van der Waals surface area (Å²) in [6.07, 6.45) is 6.98. The molecule has 1 N–H and O–H groups in total. The van der Waals surface area contributed by atoms with Crippen molar-refractivity contribution < 1.29 is 4.74 Å². The van der Waals surface area contributed by atoms with Crippen molar-refractivity contribution in [1.82, 2.24) is 9.97 Å². The first-order valence-electron chi connectivity index (χ1n) is 3.97. The van der Waals surface area contributed by atoms with E-state index < -0.39 is 0 Å². The Hall–Kier alpha value is -1.41. The third-order valence-electron chi connectivity index (χ3n) is 1.42. The van der Waals surface area contributed by atoms with Crippen molar-refractivity contribution in [2.75, 3.05) is 25.2 Å². The normalized spacial score (nSPS) is 9.21. The highest BCUT2D eigenvalue weighted by atomic mass is 32.2. The Bertz CT molecular complexity index is 326. The molecule has 0 bridgehead atoms. The zero-order chi connectivity index (χ0) is 10.4. The number of thioether (sulfide) groups is 1. The molecule has 0 unspecified atom stereocenters. The van der Waals surface area contributed by atoms with E-state index in [0.29, 0.717) is 11.0 Å². The minimum absolute atomic E-state index is 0.216. The molecule has 0 atom stereocenters. The lowest BCUT2D eigenvalue weighted by atomic mass is 10.5. The first-order valence-corrected chi connectivity index (χ1v) is 5.19. The van der Waals surface area contributed by atoms with Crippen LogP contribution in [0, 0.1) is 12.3 Å². The van der Waals surface area contributed by atoms with Crippen molar-refractivity contribution in [3.05, 3.63) is 6.07 Å². The Balaban J connectivity index is 2.87. The molecule has 0 spiro atoms. The average Bonchev–Trinajstić information content (AvgIpc) is 2.25. The molecule has 1 aromatic heterocycles. The van der Waals surface area contributed by atoms with E-state index in [1.165, 1.54) is 11.8 Å². The number of hydrogen-bond acceptors (Lipinski definition) is 5. The van der Waals surface area contributed by atoms with Crippen molar-refractivity contribution in [3.63, 3.8) is 0 Å². The highest BCUT2D eigenvalue weighted by molar-refractivity contribution is 7.98. The number of terminal acetylenes is 1. The molecule has 5 heteroatoms. The van der Waals surface area contributed by atoms with Gasteiger partial charge in [0.2, 0.25) is 5.88 Å². The Morgan fingerprint density at radius 1 is 1.64 bits per heavy atom. The van der Waals surface area contributed by atoms with E-state index in [-0.39, 0.29) is 6.61 Å². The topological polar surface area (TPSA) is 47.0 Å². The summed E-state index contributed by atoms with van der Waals surface area (Å²) in [5.41, 5.74) is 0. The number of anilines is 1. The van der Waals surface area contributed by atoms with Crippen molar-refractivity contribution >= 4 is 17.6 Å². The van der Waals surface area contributed by atoms with Crippen molar-refractivity contribution in [1.29, 1.82) is 0 Å². The fourth-order valence-corrected chi connectivity index (χ4v) is 1.18. The molecule has 0 aliphatic heterocycles. The summed E-state index contributed by atoms with van der Waals surface area (Å²) in [4.78, 5) is 8.32. The van der Waals surface area contributed by atoms with E-state index in [4.69, 9.17) is 11.2 Å². The first-order chi connectivity index (χ1) is 6.80. The molecular weight excluding hydrogens is 198 g/mol. The minimum atomic E-state index is 0.216. The van der Waals surface area contributed by atoms with Crippen LogP contribution in [0.1, 0.15) is 0 Å². The summed E-state index contributed by atoms with van der Waals surface area (Å²) in [5, 5.41) is 3.58. The summed E-state index contributed by atoms with van der Waals surface area (Å²) in [7, 11) is 1.79. The van der Waals surface area contributed by atoms with Gasteiger partial charge in [-0.2, -0.15) is 4.98 Å². The van der Waals surface area contributed by atoms with E-state index in [0.717, 1.165) is 5.82 Å². The highest BCUT2D eigenvalue weighted by Crippen LogP contribution is 2.18. The predicted octanol–water partition coefficient (Wildman–Crippen LogP) is 1.25. The second kappa shape index (κ2) is 5.35. The second-order valence-electron chi connectivity index (χ2n) is 2.32. The van der Waals surface area contributed by atoms with Gasteiger partial charge in [0.05, 0.1) is 0 Å². The monoisotopic (exact) mass is 209 g/mol. The van der Waals surface area contributed by atoms with Gasteiger partial charge in [-0.15, -0.1) is 6.42 Å². The molecule has 1 aromatic rings. The SMILES string of the molecule is C#CCOc1cc(NC)nc(SC)n1. The molecule has 0 fully saturated rings. The van der Waals surface area contributed by atoms with Gasteiger partial charge in [-0.3, -0.25) is 0 Å². The third-order valence-corrected chi connectivity index (χ3v) is 1.97. The smallest absolute Gasteiger partial charge is 0.220 e. The van der Waals surface area contributed by atoms with Gasteiger partial charge in [-0.25, -0.2) is 4.98 Å². The Morgan fingerprint density at radius 2 is 2.43 bits per heavy atom. The number of nitrogens with zero attached hydrogens (tertiary/aromatic N) is 2. The summed E-state index contributed by atoms with van der Waals surface area (Å²) >= 11 is 1.45. The summed E-state index contributed by atoms with van der Waals surface area (Å²) in [5.74, 6) is 3.59. The number of ether oxygens (including phenoxy) is 1. The Labute approximate surface area is 87.5 Å². The van der Waals surface area contributed by atoms with Crippen LogP contribution in [0.4, 0.5) is 5.82 Å². The largest absolute Gasteiger partial charge is 0.464 e. The predicted molar refractivity (Wildman–Crippen MR) is 57.7 cm³/mol. The van der Waals surface area contributed by atoms with Crippen LogP contribution in [-0.2, 0) is 0 Å². The zero-order valence-corrected chi connectivity index (χ0v) is 8.89. The maximum absolute atomic E-state index is 5.20. The van der Waals surface area contributed by atoms with E-state index in [9.17, 15) is 0 Å². The molecule has 14 heavy (non-hydrogen) atoms. The zero-order valence-electron chi connectivity index (χ0n) is 8.07. The lowest BCUT2D eigenvalue weighted by Crippen LogP contribution is -2.01. The van der Waals surface area contributed by atoms with Gasteiger partial charge in [0.1, 0.15) is 5.82 Å². The van der Waals surface area contributed by atoms with Gasteiger partial charge < -0.3 is 10.1 Å². The molecule has 0 aromatic carbocycles. The van der Waals surface area contributed by atoms with E-state index in [1.54, 1.807) is 13.1 Å². The molecule has 4 nitrogen and oxygen atoms in total. The first kappa shape index (κ1) is 10.7. The lowest BCUT2D eigenvalue weighted by molar-refractivity contribution is 0.351. The van der Waals surface area contributed by atoms with Crippen LogP contribution in [0.15, 0.2) is 11.2 Å². The Morgan fingerprint density at radius 3 is 3.00 bits per heavy atom. The van der Waals surface area contributed by atoms with E-state index in [2.05, 4.69) is 21.2 Å². The number of hydrogen-bond donors (Lipinski definition) is 1. The maximum Gasteiger partial charge on any atom is 0.220 e. The molecule has 0 aliphatic carbocycles. The number of aromatic nitrogens is 2. The quantitative estimate of drug-likeness (QED) is 0.459. The van der Waals surface area contributed by atoms with Crippen LogP contribution in [0.25, 0.3) is 0 Å². The van der Waals surface area contributed by atoms with Crippen molar-refractivity contribution in [2.45, 2.75) is 5.16 Å². The van der Waals surface area contributed by atoms with Crippen LogP contribution in [0.3, 0.4) is 0 Å². The van der Waals surface area contributed by atoms with Crippen molar-refractivity contribution in [3.8, 4) is 18.2 Å². The lowest BCUT2D eigenvalue weighted by Gasteiger charge is -2.05. The summed E-state index contributed by atoms with van der Waals surface area (Å²) in [6, 6.07) is 1.71. The average molecular weight is 209 g/mol. The molecule has 0 amide bonds. The van der Waals surface area contributed by atoms with Crippen molar-refractivity contribution in [2.24, 2.45) is 0 Å². The molecule has 1 heterocycles. The van der Waals surface area contributed by atoms with E-state index >= 15 is 0 Å². The molecular formula is C9H11N3OS. The van der Waals surface area contributed by atoms with Crippen LogP contribution in [0.5, 0.6) is 5.88 Å². The van der Waals surface area contributed by atoms with Crippen LogP contribution >= 0.6 is 11.8 Å². The molecule has 1 rings (SSSR count). The fraction of sp³-hybridized carbons (Fsp3) is 0.333. The third kappa shape index (κ3) is 2.82. The molecule has 0 saturated heterocycles. The second-order valence-corrected chi connectivity index (χ2v) is 3.09. The van der Waals surface area contributed by atoms with Gasteiger partial charge in [-0.05, 0) is 6.26 Å². The molecule has 74 valence electrons. The molecule has 0 radical (unpaired) electrons. The van der Waals surface area contributed by atoms with Gasteiger partial charge in [0.15, 0.2) is 11.8 Å². The molecule has 0 saturated carbocycles. The van der Waals surface area contributed by atoms with Gasteiger partial charge in [0.25, 0.3) is 0 Å².